The Hall–Kier alpha value is -2.63. The van der Waals surface area contributed by atoms with E-state index in [0.29, 0.717) is 24.4 Å². The van der Waals surface area contributed by atoms with E-state index in [0.717, 1.165) is 42.8 Å². The molecule has 31 heavy (non-hydrogen) atoms. The van der Waals surface area contributed by atoms with Crippen molar-refractivity contribution in [2.24, 2.45) is 18.4 Å². The molecule has 3 aliphatic rings. The van der Waals surface area contributed by atoms with Crippen LogP contribution in [0.15, 0.2) is 30.7 Å². The Kier molecular flexibility index (Phi) is 4.91. The van der Waals surface area contributed by atoms with Crippen LogP contribution in [0.3, 0.4) is 0 Å². The van der Waals surface area contributed by atoms with Gasteiger partial charge in [0.1, 0.15) is 0 Å². The number of nitrogens with zero attached hydrogens (tertiary/aromatic N) is 4. The summed E-state index contributed by atoms with van der Waals surface area (Å²) in [4.78, 5) is 36.0. The van der Waals surface area contributed by atoms with Crippen LogP contribution < -0.4 is 0 Å². The predicted octanol–water partition coefficient (Wildman–Crippen LogP) is 3.64. The number of amides is 2. The summed E-state index contributed by atoms with van der Waals surface area (Å²) in [6.07, 6.45) is 8.78. The van der Waals surface area contributed by atoms with Crippen LogP contribution >= 0.6 is 0 Å². The van der Waals surface area contributed by atoms with E-state index in [4.69, 9.17) is 0 Å². The highest BCUT2D eigenvalue weighted by atomic mass is 16.2. The van der Waals surface area contributed by atoms with Gasteiger partial charge in [0.15, 0.2) is 0 Å². The zero-order chi connectivity index (χ0) is 21.8. The fraction of sp³-hybridized carbons (Fsp3) is 0.560. The molecule has 2 amide bonds. The quantitative estimate of drug-likeness (QED) is 0.759. The minimum absolute atomic E-state index is 0.00597. The van der Waals surface area contributed by atoms with Gasteiger partial charge in [-0.1, -0.05) is 17.2 Å². The van der Waals surface area contributed by atoms with E-state index in [2.05, 4.69) is 16.0 Å². The number of rotatable bonds is 4. The average Bonchev–Trinajstić information content (AvgIpc) is 3.30. The van der Waals surface area contributed by atoms with Gasteiger partial charge in [0, 0.05) is 38.4 Å². The van der Waals surface area contributed by atoms with Crippen molar-refractivity contribution in [1.82, 2.24) is 19.4 Å². The Morgan fingerprint density at radius 3 is 2.58 bits per heavy atom. The normalized spacial score (nSPS) is 26.2. The molecule has 2 atom stereocenters. The number of hydrogen-bond donors (Lipinski definition) is 0. The van der Waals surface area contributed by atoms with Crippen LogP contribution in [0.25, 0.3) is 0 Å². The third-order valence-corrected chi connectivity index (χ3v) is 7.23. The Balaban J connectivity index is 1.49. The second kappa shape index (κ2) is 7.50. The van der Waals surface area contributed by atoms with E-state index in [9.17, 15) is 9.59 Å². The Labute approximate surface area is 184 Å². The standard InChI is InChI=1S/C25H32N4O2/c1-17-9-18(2)11-20(10-17)23(30)29-15-25(12-22(29)21-14-27(3)16-26-21)7-4-8-28(24(25)31)13-19-5-6-19/h9-11,14,16,19,22H,4-8,12-13,15H2,1-3H3/t22-,25+/m1/s1. The number of benzene rings is 1. The second-order valence-corrected chi connectivity index (χ2v) is 10.1. The van der Waals surface area contributed by atoms with Crippen molar-refractivity contribution >= 4 is 11.8 Å². The fourth-order valence-electron chi connectivity index (χ4n) is 5.60. The molecular formula is C25H32N4O2. The van der Waals surface area contributed by atoms with Crippen molar-refractivity contribution in [1.29, 1.82) is 0 Å². The molecule has 1 saturated carbocycles. The van der Waals surface area contributed by atoms with Crippen molar-refractivity contribution in [3.63, 3.8) is 0 Å². The molecule has 1 spiro atoms. The van der Waals surface area contributed by atoms with Gasteiger partial charge in [-0.25, -0.2) is 4.98 Å². The van der Waals surface area contributed by atoms with Gasteiger partial charge in [0.25, 0.3) is 5.91 Å². The van der Waals surface area contributed by atoms with Crippen LogP contribution in [0, 0.1) is 25.2 Å². The van der Waals surface area contributed by atoms with Gasteiger partial charge in [0.2, 0.25) is 5.91 Å². The molecule has 0 bridgehead atoms. The molecule has 0 unspecified atom stereocenters. The molecule has 3 fully saturated rings. The summed E-state index contributed by atoms with van der Waals surface area (Å²) in [6.45, 7) is 6.27. The van der Waals surface area contributed by atoms with Crippen LogP contribution in [-0.2, 0) is 11.8 Å². The minimum atomic E-state index is -0.482. The van der Waals surface area contributed by atoms with E-state index >= 15 is 0 Å². The number of piperidine rings is 1. The second-order valence-electron chi connectivity index (χ2n) is 10.1. The molecule has 3 heterocycles. The molecule has 1 aliphatic carbocycles. The van der Waals surface area contributed by atoms with Gasteiger partial charge in [-0.2, -0.15) is 0 Å². The maximum atomic E-state index is 13.7. The summed E-state index contributed by atoms with van der Waals surface area (Å²) in [5.74, 6) is 0.939. The molecule has 1 aromatic carbocycles. The third kappa shape index (κ3) is 3.77. The number of carbonyl (C=O) groups excluding carboxylic acids is 2. The van der Waals surface area contributed by atoms with Gasteiger partial charge >= 0.3 is 0 Å². The minimum Gasteiger partial charge on any atom is -0.342 e. The Morgan fingerprint density at radius 2 is 1.94 bits per heavy atom. The first kappa shape index (κ1) is 20.3. The lowest BCUT2D eigenvalue weighted by Crippen LogP contribution is -2.50. The van der Waals surface area contributed by atoms with Gasteiger partial charge in [-0.15, -0.1) is 0 Å². The lowest BCUT2D eigenvalue weighted by molar-refractivity contribution is -0.145. The SMILES string of the molecule is Cc1cc(C)cc(C(=O)N2C[C@]3(CCCN(CC4CC4)C3=O)C[C@@H]2c2cn(C)cn2)c1. The van der Waals surface area contributed by atoms with Crippen LogP contribution in [0.1, 0.15) is 65.3 Å². The summed E-state index contributed by atoms with van der Waals surface area (Å²) < 4.78 is 1.92. The first-order chi connectivity index (χ1) is 14.8. The topological polar surface area (TPSA) is 58.4 Å². The van der Waals surface area contributed by atoms with Gasteiger partial charge in [-0.3, -0.25) is 9.59 Å². The molecule has 5 rings (SSSR count). The summed E-state index contributed by atoms with van der Waals surface area (Å²) in [6, 6.07) is 5.83. The molecule has 164 valence electrons. The number of hydrogen-bond acceptors (Lipinski definition) is 3. The highest BCUT2D eigenvalue weighted by Crippen LogP contribution is 2.49. The monoisotopic (exact) mass is 420 g/mol. The van der Waals surface area contributed by atoms with Crippen molar-refractivity contribution < 1.29 is 9.59 Å². The maximum absolute atomic E-state index is 13.7. The number of aryl methyl sites for hydroxylation is 3. The molecular weight excluding hydrogens is 388 g/mol. The van der Waals surface area contributed by atoms with Crippen LogP contribution in [0.5, 0.6) is 0 Å². The van der Waals surface area contributed by atoms with Crippen molar-refractivity contribution in [3.8, 4) is 0 Å². The molecule has 2 aliphatic heterocycles. The highest BCUT2D eigenvalue weighted by molar-refractivity contribution is 5.96. The molecule has 2 saturated heterocycles. The smallest absolute Gasteiger partial charge is 0.254 e. The lowest BCUT2D eigenvalue weighted by Gasteiger charge is -2.39. The van der Waals surface area contributed by atoms with E-state index in [1.165, 1.54) is 12.8 Å². The largest absolute Gasteiger partial charge is 0.342 e. The number of carbonyl (C=O) groups is 2. The summed E-state index contributed by atoms with van der Waals surface area (Å²) in [5, 5.41) is 0. The van der Waals surface area contributed by atoms with Crippen molar-refractivity contribution in [2.75, 3.05) is 19.6 Å². The van der Waals surface area contributed by atoms with E-state index in [1.54, 1.807) is 6.33 Å². The Morgan fingerprint density at radius 1 is 1.19 bits per heavy atom. The van der Waals surface area contributed by atoms with E-state index in [1.807, 2.05) is 48.7 Å². The zero-order valence-corrected chi connectivity index (χ0v) is 18.8. The van der Waals surface area contributed by atoms with Gasteiger partial charge < -0.3 is 14.4 Å². The third-order valence-electron chi connectivity index (χ3n) is 7.23. The van der Waals surface area contributed by atoms with Gasteiger partial charge in [0.05, 0.1) is 23.5 Å². The average molecular weight is 421 g/mol. The van der Waals surface area contributed by atoms with Crippen LogP contribution in [0.2, 0.25) is 0 Å². The summed E-state index contributed by atoms with van der Waals surface area (Å²) in [5.41, 5.74) is 3.26. The predicted molar refractivity (Wildman–Crippen MR) is 118 cm³/mol. The van der Waals surface area contributed by atoms with Crippen LogP contribution in [-0.4, -0.2) is 50.8 Å². The zero-order valence-electron chi connectivity index (χ0n) is 18.8. The first-order valence-electron chi connectivity index (χ1n) is 11.5. The molecule has 6 heteroatoms. The van der Waals surface area contributed by atoms with Gasteiger partial charge in [-0.05, 0) is 64.0 Å². The first-order valence-corrected chi connectivity index (χ1v) is 11.5. The maximum Gasteiger partial charge on any atom is 0.254 e. The number of imidazole rings is 1. The molecule has 0 radical (unpaired) electrons. The fourth-order valence-corrected chi connectivity index (χ4v) is 5.60. The van der Waals surface area contributed by atoms with Crippen molar-refractivity contribution in [2.45, 2.75) is 52.0 Å². The molecule has 1 aromatic heterocycles. The molecule has 6 nitrogen and oxygen atoms in total. The highest BCUT2D eigenvalue weighted by Gasteiger charge is 2.54. The van der Waals surface area contributed by atoms with Crippen molar-refractivity contribution in [3.05, 3.63) is 53.1 Å². The molecule has 2 aromatic rings. The van der Waals surface area contributed by atoms with E-state index < -0.39 is 5.41 Å². The lowest BCUT2D eigenvalue weighted by atomic mass is 9.76. The summed E-state index contributed by atoms with van der Waals surface area (Å²) in [7, 11) is 1.94. The van der Waals surface area contributed by atoms with E-state index in [-0.39, 0.29) is 17.9 Å². The summed E-state index contributed by atoms with van der Waals surface area (Å²) >= 11 is 0. The number of likely N-dealkylation sites (tertiary alicyclic amines) is 2. The molecule has 0 N–H and O–H groups in total. The Bertz CT molecular complexity index is 1000. The number of aromatic nitrogens is 2. The van der Waals surface area contributed by atoms with Crippen LogP contribution in [0.4, 0.5) is 0 Å².